The summed E-state index contributed by atoms with van der Waals surface area (Å²) in [5, 5.41) is 3.71. The van der Waals surface area contributed by atoms with Crippen LogP contribution in [0, 0.1) is 5.41 Å². The second-order valence-corrected chi connectivity index (χ2v) is 5.72. The SMILES string of the molecule is CCOC(=O)c1cc(N)cc(Cl)c1NCC1(C)CC1. The number of hydrogen-bond acceptors (Lipinski definition) is 4. The molecule has 0 aromatic heterocycles. The monoisotopic (exact) mass is 282 g/mol. The van der Waals surface area contributed by atoms with Crippen LogP contribution in [0.1, 0.15) is 37.0 Å². The fourth-order valence-corrected chi connectivity index (χ4v) is 2.16. The molecular weight excluding hydrogens is 264 g/mol. The van der Waals surface area contributed by atoms with Gasteiger partial charge in [0.1, 0.15) is 0 Å². The van der Waals surface area contributed by atoms with E-state index in [1.807, 2.05) is 0 Å². The molecule has 1 fully saturated rings. The van der Waals surface area contributed by atoms with Gasteiger partial charge in [-0.1, -0.05) is 18.5 Å². The summed E-state index contributed by atoms with van der Waals surface area (Å²) in [6, 6.07) is 3.24. The third-order valence-electron chi connectivity index (χ3n) is 3.40. The van der Waals surface area contributed by atoms with Crippen molar-refractivity contribution in [2.45, 2.75) is 26.7 Å². The third kappa shape index (κ3) is 3.32. The van der Waals surface area contributed by atoms with Gasteiger partial charge >= 0.3 is 5.97 Å². The predicted octanol–water partition coefficient (Wildman–Crippen LogP) is 3.31. The van der Waals surface area contributed by atoms with Crippen molar-refractivity contribution in [3.63, 3.8) is 0 Å². The van der Waals surface area contributed by atoms with Gasteiger partial charge in [-0.25, -0.2) is 4.79 Å². The average Bonchev–Trinajstić information content (AvgIpc) is 3.06. The van der Waals surface area contributed by atoms with Crippen LogP contribution in [0.5, 0.6) is 0 Å². The third-order valence-corrected chi connectivity index (χ3v) is 3.70. The van der Waals surface area contributed by atoms with Crippen molar-refractivity contribution in [1.29, 1.82) is 0 Å². The van der Waals surface area contributed by atoms with E-state index in [0.717, 1.165) is 6.54 Å². The fraction of sp³-hybridized carbons (Fsp3) is 0.500. The van der Waals surface area contributed by atoms with Crippen molar-refractivity contribution in [2.75, 3.05) is 24.2 Å². The van der Waals surface area contributed by atoms with Crippen LogP contribution < -0.4 is 11.1 Å². The highest BCUT2D eigenvalue weighted by molar-refractivity contribution is 6.34. The molecule has 0 bridgehead atoms. The molecule has 0 heterocycles. The maximum atomic E-state index is 11.9. The molecule has 104 valence electrons. The number of anilines is 2. The molecule has 1 saturated carbocycles. The summed E-state index contributed by atoms with van der Waals surface area (Å²) in [5.41, 5.74) is 7.52. The summed E-state index contributed by atoms with van der Waals surface area (Å²) in [4.78, 5) is 11.9. The first kappa shape index (κ1) is 14.0. The minimum atomic E-state index is -0.403. The molecule has 0 radical (unpaired) electrons. The Morgan fingerprint density at radius 1 is 1.53 bits per heavy atom. The lowest BCUT2D eigenvalue weighted by molar-refractivity contribution is 0.0527. The molecular formula is C14H19ClN2O2. The molecule has 4 nitrogen and oxygen atoms in total. The summed E-state index contributed by atoms with van der Waals surface area (Å²) < 4.78 is 5.03. The largest absolute Gasteiger partial charge is 0.462 e. The van der Waals surface area contributed by atoms with Gasteiger partial charge in [-0.15, -0.1) is 0 Å². The fourth-order valence-electron chi connectivity index (χ4n) is 1.87. The lowest BCUT2D eigenvalue weighted by Crippen LogP contribution is -2.16. The predicted molar refractivity (Wildman–Crippen MR) is 77.7 cm³/mol. The zero-order valence-electron chi connectivity index (χ0n) is 11.3. The van der Waals surface area contributed by atoms with Gasteiger partial charge in [-0.2, -0.15) is 0 Å². The Labute approximate surface area is 118 Å². The van der Waals surface area contributed by atoms with Gasteiger partial charge in [-0.05, 0) is 37.3 Å². The van der Waals surface area contributed by atoms with Gasteiger partial charge in [0.2, 0.25) is 0 Å². The normalized spacial score (nSPS) is 15.9. The lowest BCUT2D eigenvalue weighted by Gasteiger charge is -2.16. The van der Waals surface area contributed by atoms with E-state index in [1.54, 1.807) is 19.1 Å². The molecule has 0 aliphatic heterocycles. The van der Waals surface area contributed by atoms with E-state index in [4.69, 9.17) is 22.1 Å². The lowest BCUT2D eigenvalue weighted by atomic mass is 10.1. The number of carbonyl (C=O) groups excluding carboxylic acids is 1. The van der Waals surface area contributed by atoms with Gasteiger partial charge in [-0.3, -0.25) is 0 Å². The first-order chi connectivity index (χ1) is 8.95. The number of halogens is 1. The van der Waals surface area contributed by atoms with E-state index in [0.29, 0.717) is 34.0 Å². The molecule has 1 aromatic carbocycles. The van der Waals surface area contributed by atoms with Crippen LogP contribution in [-0.4, -0.2) is 19.1 Å². The zero-order valence-corrected chi connectivity index (χ0v) is 12.0. The molecule has 5 heteroatoms. The molecule has 3 N–H and O–H groups in total. The summed E-state index contributed by atoms with van der Waals surface area (Å²) in [7, 11) is 0. The molecule has 0 saturated heterocycles. The Kier molecular flexibility index (Phi) is 3.90. The number of nitrogen functional groups attached to an aromatic ring is 1. The number of carbonyl (C=O) groups is 1. The van der Waals surface area contributed by atoms with Crippen molar-refractivity contribution < 1.29 is 9.53 Å². The first-order valence-electron chi connectivity index (χ1n) is 6.45. The van der Waals surface area contributed by atoms with Crippen LogP contribution in [-0.2, 0) is 4.74 Å². The Balaban J connectivity index is 2.25. The van der Waals surface area contributed by atoms with Crippen molar-refractivity contribution >= 4 is 28.9 Å². The van der Waals surface area contributed by atoms with Gasteiger partial charge < -0.3 is 15.8 Å². The summed E-state index contributed by atoms with van der Waals surface area (Å²) >= 11 is 6.18. The average molecular weight is 283 g/mol. The van der Waals surface area contributed by atoms with E-state index in [2.05, 4.69) is 12.2 Å². The number of esters is 1. The first-order valence-corrected chi connectivity index (χ1v) is 6.83. The van der Waals surface area contributed by atoms with Crippen LogP contribution in [0.2, 0.25) is 5.02 Å². The quantitative estimate of drug-likeness (QED) is 0.642. The van der Waals surface area contributed by atoms with Gasteiger partial charge in [0.05, 0.1) is 22.9 Å². The highest BCUT2D eigenvalue weighted by Crippen LogP contribution is 2.45. The Morgan fingerprint density at radius 3 is 2.79 bits per heavy atom. The highest BCUT2D eigenvalue weighted by atomic mass is 35.5. The topological polar surface area (TPSA) is 64.3 Å². The molecule has 0 spiro atoms. The molecule has 19 heavy (non-hydrogen) atoms. The zero-order chi connectivity index (χ0) is 14.0. The number of nitrogens with one attached hydrogen (secondary N) is 1. The number of benzene rings is 1. The van der Waals surface area contributed by atoms with Crippen LogP contribution in [0.25, 0.3) is 0 Å². The van der Waals surface area contributed by atoms with Crippen LogP contribution >= 0.6 is 11.6 Å². The standard InChI is InChI=1S/C14H19ClN2O2/c1-3-19-13(18)10-6-9(16)7-11(15)12(10)17-8-14(2)4-5-14/h6-7,17H,3-5,8,16H2,1-2H3. The number of nitrogens with two attached hydrogens (primary N) is 1. The number of rotatable bonds is 5. The Morgan fingerprint density at radius 2 is 2.21 bits per heavy atom. The van der Waals surface area contributed by atoms with Crippen molar-refractivity contribution in [3.8, 4) is 0 Å². The summed E-state index contributed by atoms with van der Waals surface area (Å²) in [6.07, 6.45) is 2.39. The number of hydrogen-bond donors (Lipinski definition) is 2. The van der Waals surface area contributed by atoms with E-state index in [9.17, 15) is 4.79 Å². The molecule has 0 amide bonds. The molecule has 1 aliphatic rings. The van der Waals surface area contributed by atoms with Crippen molar-refractivity contribution in [2.24, 2.45) is 5.41 Å². The van der Waals surface area contributed by atoms with Gasteiger partial charge in [0.25, 0.3) is 0 Å². The smallest absolute Gasteiger partial charge is 0.340 e. The second kappa shape index (κ2) is 5.29. The van der Waals surface area contributed by atoms with E-state index in [1.165, 1.54) is 12.8 Å². The summed E-state index contributed by atoms with van der Waals surface area (Å²) in [6.45, 7) is 5.09. The second-order valence-electron chi connectivity index (χ2n) is 5.31. The van der Waals surface area contributed by atoms with Crippen LogP contribution in [0.15, 0.2) is 12.1 Å². The van der Waals surface area contributed by atoms with Gasteiger partial charge in [0, 0.05) is 12.2 Å². The Bertz CT molecular complexity index is 498. The van der Waals surface area contributed by atoms with E-state index < -0.39 is 5.97 Å². The maximum Gasteiger partial charge on any atom is 0.340 e. The minimum absolute atomic E-state index is 0.316. The molecule has 1 aromatic rings. The number of ether oxygens (including phenoxy) is 1. The molecule has 2 rings (SSSR count). The van der Waals surface area contributed by atoms with Crippen LogP contribution in [0.4, 0.5) is 11.4 Å². The minimum Gasteiger partial charge on any atom is -0.462 e. The van der Waals surface area contributed by atoms with Crippen molar-refractivity contribution in [1.82, 2.24) is 0 Å². The van der Waals surface area contributed by atoms with E-state index in [-0.39, 0.29) is 0 Å². The van der Waals surface area contributed by atoms with Gasteiger partial charge in [0.15, 0.2) is 0 Å². The summed E-state index contributed by atoms with van der Waals surface area (Å²) in [5.74, 6) is -0.403. The van der Waals surface area contributed by atoms with E-state index >= 15 is 0 Å². The Hall–Kier alpha value is -1.42. The van der Waals surface area contributed by atoms with Crippen molar-refractivity contribution in [3.05, 3.63) is 22.7 Å². The highest BCUT2D eigenvalue weighted by Gasteiger charge is 2.37. The maximum absolute atomic E-state index is 11.9. The molecule has 0 unspecified atom stereocenters. The molecule has 1 aliphatic carbocycles. The van der Waals surface area contributed by atoms with Crippen LogP contribution in [0.3, 0.4) is 0 Å². The molecule has 0 atom stereocenters.